The fourth-order valence-electron chi connectivity index (χ4n) is 4.80. The van der Waals surface area contributed by atoms with E-state index in [2.05, 4.69) is 24.5 Å². The number of nitrogens with one attached hydrogen (secondary N) is 2. The Labute approximate surface area is 211 Å². The highest BCUT2D eigenvalue weighted by molar-refractivity contribution is 6.14. The highest BCUT2D eigenvalue weighted by Gasteiger charge is 2.48. The lowest BCUT2D eigenvalue weighted by molar-refractivity contribution is -0.133. The lowest BCUT2D eigenvalue weighted by atomic mass is 9.93. The Hall–Kier alpha value is -3.81. The van der Waals surface area contributed by atoms with Crippen molar-refractivity contribution >= 4 is 34.3 Å². The van der Waals surface area contributed by atoms with Crippen molar-refractivity contribution in [3.8, 4) is 5.75 Å². The van der Waals surface area contributed by atoms with E-state index in [9.17, 15) is 14.4 Å². The largest absolute Gasteiger partial charge is 0.497 e. The summed E-state index contributed by atoms with van der Waals surface area (Å²) in [7, 11) is 1.59. The van der Waals surface area contributed by atoms with Crippen molar-refractivity contribution in [2.24, 2.45) is 5.92 Å². The van der Waals surface area contributed by atoms with Gasteiger partial charge >= 0.3 is 0 Å². The molecular weight excluding hydrogens is 456 g/mol. The third-order valence-electron chi connectivity index (χ3n) is 6.75. The van der Waals surface area contributed by atoms with Crippen molar-refractivity contribution in [3.63, 3.8) is 0 Å². The molecule has 3 amide bonds. The first-order chi connectivity index (χ1) is 17.2. The maximum atomic E-state index is 14.2. The number of aromatic nitrogens is 1. The van der Waals surface area contributed by atoms with Crippen LogP contribution >= 0.6 is 0 Å². The molecule has 2 N–H and O–H groups in total. The fraction of sp³-hybridized carbons (Fsp3) is 0.393. The molecule has 4 rings (SSSR count). The molecule has 1 aliphatic rings. The number of para-hydroxylation sites is 1. The van der Waals surface area contributed by atoms with Crippen LogP contribution in [0.25, 0.3) is 10.9 Å². The van der Waals surface area contributed by atoms with E-state index in [0.717, 1.165) is 22.9 Å². The number of ether oxygens (including phenoxy) is 1. The van der Waals surface area contributed by atoms with E-state index >= 15 is 0 Å². The van der Waals surface area contributed by atoms with Gasteiger partial charge < -0.3 is 24.8 Å². The number of rotatable bonds is 8. The van der Waals surface area contributed by atoms with Crippen LogP contribution < -0.4 is 15.4 Å². The highest BCUT2D eigenvalue weighted by Crippen LogP contribution is 2.39. The third-order valence-corrected chi connectivity index (χ3v) is 6.75. The number of hydrogen-bond acceptors (Lipinski definition) is 4. The lowest BCUT2D eigenvalue weighted by Gasteiger charge is -2.44. The summed E-state index contributed by atoms with van der Waals surface area (Å²) in [6.45, 7) is 8.45. The molecule has 2 heterocycles. The van der Waals surface area contributed by atoms with Crippen LogP contribution in [0.15, 0.2) is 48.5 Å². The maximum Gasteiger partial charge on any atom is 0.273 e. The van der Waals surface area contributed by atoms with Crippen LogP contribution in [0.1, 0.15) is 50.2 Å². The molecule has 36 heavy (non-hydrogen) atoms. The topological polar surface area (TPSA) is 92.7 Å². The van der Waals surface area contributed by atoms with Crippen molar-refractivity contribution in [3.05, 3.63) is 59.8 Å². The summed E-state index contributed by atoms with van der Waals surface area (Å²) < 4.78 is 7.24. The average Bonchev–Trinajstić information content (AvgIpc) is 3.14. The van der Waals surface area contributed by atoms with Gasteiger partial charge in [-0.15, -0.1) is 0 Å². The normalized spacial score (nSPS) is 17.3. The van der Waals surface area contributed by atoms with E-state index in [1.165, 1.54) is 6.92 Å². The Balaban J connectivity index is 1.84. The fourth-order valence-corrected chi connectivity index (χ4v) is 4.80. The molecule has 190 valence electrons. The van der Waals surface area contributed by atoms with Crippen LogP contribution in [0.5, 0.6) is 5.75 Å². The smallest absolute Gasteiger partial charge is 0.273 e. The van der Waals surface area contributed by atoms with E-state index in [1.54, 1.807) is 12.0 Å². The molecule has 8 heteroatoms. The molecule has 1 aromatic heterocycles. The van der Waals surface area contributed by atoms with Gasteiger partial charge in [0.15, 0.2) is 0 Å². The number of carbonyl (C=O) groups excluding carboxylic acids is 3. The predicted molar refractivity (Wildman–Crippen MR) is 140 cm³/mol. The van der Waals surface area contributed by atoms with Crippen LogP contribution in [-0.2, 0) is 22.7 Å². The number of amides is 3. The van der Waals surface area contributed by atoms with Gasteiger partial charge in [0, 0.05) is 25.4 Å². The van der Waals surface area contributed by atoms with Gasteiger partial charge in [-0.05, 0) is 43.0 Å². The van der Waals surface area contributed by atoms with Crippen LogP contribution in [0, 0.1) is 5.92 Å². The number of anilines is 1. The first-order valence-corrected chi connectivity index (χ1v) is 12.3. The van der Waals surface area contributed by atoms with Gasteiger partial charge in [0.1, 0.15) is 17.0 Å². The number of nitrogens with zero attached hydrogens (tertiary/aromatic N) is 2. The average molecular weight is 491 g/mol. The van der Waals surface area contributed by atoms with Gasteiger partial charge in [0.2, 0.25) is 11.8 Å². The summed E-state index contributed by atoms with van der Waals surface area (Å²) in [6, 6.07) is 15.0. The Morgan fingerprint density at radius 2 is 1.89 bits per heavy atom. The van der Waals surface area contributed by atoms with Gasteiger partial charge in [0.25, 0.3) is 5.91 Å². The number of hydrogen-bond donors (Lipinski definition) is 2. The Morgan fingerprint density at radius 1 is 1.14 bits per heavy atom. The van der Waals surface area contributed by atoms with Crippen LogP contribution in [0.3, 0.4) is 0 Å². The summed E-state index contributed by atoms with van der Waals surface area (Å²) in [4.78, 5) is 41.6. The molecule has 1 aliphatic heterocycles. The number of carbonyl (C=O) groups is 3. The van der Waals surface area contributed by atoms with E-state index in [1.807, 2.05) is 60.0 Å². The summed E-state index contributed by atoms with van der Waals surface area (Å²) in [5, 5.41) is 6.69. The van der Waals surface area contributed by atoms with Crippen LogP contribution in [-0.4, -0.2) is 46.4 Å². The van der Waals surface area contributed by atoms with Gasteiger partial charge in [-0.2, -0.15) is 0 Å². The molecular formula is C28H34N4O4. The highest BCUT2D eigenvalue weighted by atomic mass is 16.5. The zero-order valence-corrected chi connectivity index (χ0v) is 21.6. The molecule has 0 spiro atoms. The van der Waals surface area contributed by atoms with Crippen LogP contribution in [0.2, 0.25) is 0 Å². The summed E-state index contributed by atoms with van der Waals surface area (Å²) in [5.74, 6) is 0.336. The number of benzene rings is 2. The minimum absolute atomic E-state index is 0.205. The first kappa shape index (κ1) is 25.3. The summed E-state index contributed by atoms with van der Waals surface area (Å²) >= 11 is 0. The molecule has 1 unspecified atom stereocenters. The van der Waals surface area contributed by atoms with Gasteiger partial charge in [-0.3, -0.25) is 14.4 Å². The molecule has 0 bridgehead atoms. The molecule has 0 fully saturated rings. The first-order valence-electron chi connectivity index (χ1n) is 12.3. The monoisotopic (exact) mass is 490 g/mol. The molecule has 1 atom stereocenters. The second-order valence-electron chi connectivity index (χ2n) is 9.96. The molecule has 0 aliphatic carbocycles. The Morgan fingerprint density at radius 3 is 2.58 bits per heavy atom. The van der Waals surface area contributed by atoms with E-state index in [-0.39, 0.29) is 30.8 Å². The molecule has 3 aromatic rings. The maximum absolute atomic E-state index is 14.2. The molecule has 8 nitrogen and oxygen atoms in total. The van der Waals surface area contributed by atoms with Crippen molar-refractivity contribution in [1.82, 2.24) is 14.8 Å². The van der Waals surface area contributed by atoms with Crippen molar-refractivity contribution in [2.45, 2.75) is 52.7 Å². The van der Waals surface area contributed by atoms with Gasteiger partial charge in [-0.25, -0.2) is 0 Å². The second kappa shape index (κ2) is 10.0. The molecule has 2 aromatic carbocycles. The zero-order chi connectivity index (χ0) is 26.0. The molecule has 0 saturated heterocycles. The van der Waals surface area contributed by atoms with Crippen molar-refractivity contribution in [1.29, 1.82) is 0 Å². The zero-order valence-electron chi connectivity index (χ0n) is 21.6. The standard InChI is InChI=1S/C28H34N4O4/c1-18(2)13-14-29-27(35)28(4)17-31-23-12-7-6-11-22(23)24(30-19(3)33)25(31)26(34)32(28)16-20-9-8-10-21(15-20)36-5/h6-12,15,18H,13-14,16-17H2,1-5H3,(H,29,35)(H,30,33). The van der Waals surface area contributed by atoms with Gasteiger partial charge in [-0.1, -0.05) is 44.2 Å². The lowest BCUT2D eigenvalue weighted by Crippen LogP contribution is -2.63. The Bertz CT molecular complexity index is 1310. The molecule has 0 saturated carbocycles. The van der Waals surface area contributed by atoms with E-state index < -0.39 is 5.54 Å². The summed E-state index contributed by atoms with van der Waals surface area (Å²) in [5.41, 5.74) is 1.34. The number of fused-ring (bicyclic) bond motifs is 3. The second-order valence-corrected chi connectivity index (χ2v) is 9.96. The number of methoxy groups -OCH3 is 1. The minimum atomic E-state index is -1.15. The quantitative estimate of drug-likeness (QED) is 0.495. The van der Waals surface area contributed by atoms with Gasteiger partial charge in [0.05, 0.1) is 24.9 Å². The van der Waals surface area contributed by atoms with E-state index in [4.69, 9.17) is 4.74 Å². The van der Waals surface area contributed by atoms with E-state index in [0.29, 0.717) is 29.6 Å². The Kier molecular flexibility index (Phi) is 7.06. The third kappa shape index (κ3) is 4.67. The SMILES string of the molecule is COc1cccc(CN2C(=O)c3c(NC(C)=O)c4ccccc4n3CC2(C)C(=O)NCCC(C)C)c1. The molecule has 0 radical (unpaired) electrons. The summed E-state index contributed by atoms with van der Waals surface area (Å²) in [6.07, 6.45) is 0.843. The minimum Gasteiger partial charge on any atom is -0.497 e. The van der Waals surface area contributed by atoms with Crippen molar-refractivity contribution in [2.75, 3.05) is 19.0 Å². The predicted octanol–water partition coefficient (Wildman–Crippen LogP) is 4.19. The van der Waals surface area contributed by atoms with Crippen molar-refractivity contribution < 1.29 is 19.1 Å². The van der Waals surface area contributed by atoms with Crippen LogP contribution in [0.4, 0.5) is 5.69 Å².